The molecule has 0 atom stereocenters. The van der Waals surface area contributed by atoms with E-state index in [1.807, 2.05) is 16.9 Å². The topological polar surface area (TPSA) is 132 Å². The minimum absolute atomic E-state index is 0.0269. The normalized spacial score (nSPS) is 19.1. The van der Waals surface area contributed by atoms with Crippen LogP contribution in [0.1, 0.15) is 57.1 Å². The van der Waals surface area contributed by atoms with Crippen LogP contribution in [0.4, 0.5) is 10.9 Å². The second kappa shape index (κ2) is 8.24. The third-order valence-corrected chi connectivity index (χ3v) is 6.11. The van der Waals surface area contributed by atoms with E-state index in [1.165, 1.54) is 11.3 Å². The highest BCUT2D eigenvalue weighted by Crippen LogP contribution is 2.35. The van der Waals surface area contributed by atoms with Crippen molar-refractivity contribution in [1.82, 2.24) is 24.5 Å². The first-order chi connectivity index (χ1) is 14.7. The van der Waals surface area contributed by atoms with Crippen LogP contribution >= 0.6 is 11.3 Å². The number of nitrogens with one attached hydrogen (secondary N) is 1. The number of amides is 1. The van der Waals surface area contributed by atoms with Gasteiger partial charge in [-0.1, -0.05) is 5.92 Å². The van der Waals surface area contributed by atoms with Crippen LogP contribution < -0.4 is 11.1 Å². The predicted molar refractivity (Wildman–Crippen MR) is 119 cm³/mol. The molecule has 0 unspecified atom stereocenters. The molecule has 0 aromatic carbocycles. The number of nitrogens with zero attached hydrogens (tertiary/aromatic N) is 5. The van der Waals surface area contributed by atoms with Crippen LogP contribution in [0.25, 0.3) is 11.2 Å². The number of carbonyl (C=O) groups excluding carboxylic acids is 1. The van der Waals surface area contributed by atoms with Crippen molar-refractivity contribution in [3.63, 3.8) is 0 Å². The van der Waals surface area contributed by atoms with E-state index >= 15 is 0 Å². The van der Waals surface area contributed by atoms with Crippen molar-refractivity contribution in [2.75, 3.05) is 11.1 Å². The molecule has 1 fully saturated rings. The Hall–Kier alpha value is -3.03. The van der Waals surface area contributed by atoms with Crippen LogP contribution in [0.5, 0.6) is 0 Å². The Bertz CT molecular complexity index is 1170. The molecular weight excluding hydrogens is 414 g/mol. The minimum Gasteiger partial charge on any atom is -0.382 e. The summed E-state index contributed by atoms with van der Waals surface area (Å²) in [5, 5.41) is 15.3. The highest BCUT2D eigenvalue weighted by atomic mass is 32.1. The standard InChI is InChI=1S/C21H25N7O2S/c1-12-10-31-20(24-12)27-19(29)13-4-6-14(7-5-13)28-11-23-16-17(22)25-15(26-18(16)28)8-9-21(2,3)30/h10-11,13-14,30H,4-7H2,1-3H3,(H2,22,25,26)(H,24,27,29)/t13-,14+. The van der Waals surface area contributed by atoms with Gasteiger partial charge in [-0.25, -0.2) is 19.9 Å². The van der Waals surface area contributed by atoms with Crippen LogP contribution in [0, 0.1) is 24.7 Å². The predicted octanol–water partition coefficient (Wildman–Crippen LogP) is 2.67. The molecular formula is C21H25N7O2S. The van der Waals surface area contributed by atoms with Gasteiger partial charge in [0.1, 0.15) is 11.1 Å². The Labute approximate surface area is 184 Å². The summed E-state index contributed by atoms with van der Waals surface area (Å²) in [6.45, 7) is 5.09. The molecule has 0 radical (unpaired) electrons. The Balaban J connectivity index is 1.49. The molecule has 0 aliphatic heterocycles. The SMILES string of the molecule is Cc1csc(NC(=O)[C@H]2CC[C@@H](n3cnc4c(N)nc(C#CC(C)(C)O)nc43)CC2)n1. The van der Waals surface area contributed by atoms with Gasteiger partial charge in [0.25, 0.3) is 0 Å². The number of nitrogen functional groups attached to an aromatic ring is 1. The summed E-state index contributed by atoms with van der Waals surface area (Å²) >= 11 is 1.44. The lowest BCUT2D eigenvalue weighted by Gasteiger charge is -2.28. The first kappa shape index (κ1) is 21.2. The molecule has 162 valence electrons. The zero-order valence-corrected chi connectivity index (χ0v) is 18.5. The molecule has 1 saturated carbocycles. The van der Waals surface area contributed by atoms with E-state index in [2.05, 4.69) is 37.1 Å². The van der Waals surface area contributed by atoms with Gasteiger partial charge in [0.2, 0.25) is 11.7 Å². The van der Waals surface area contributed by atoms with Crippen molar-refractivity contribution in [3.8, 4) is 11.8 Å². The van der Waals surface area contributed by atoms with Crippen LogP contribution in [-0.2, 0) is 4.79 Å². The average molecular weight is 440 g/mol. The largest absolute Gasteiger partial charge is 0.382 e. The van der Waals surface area contributed by atoms with Gasteiger partial charge in [-0.3, -0.25) is 4.79 Å². The van der Waals surface area contributed by atoms with Crippen molar-refractivity contribution >= 4 is 39.4 Å². The average Bonchev–Trinajstić information content (AvgIpc) is 3.32. The summed E-state index contributed by atoms with van der Waals surface area (Å²) in [6.07, 6.45) is 4.93. The van der Waals surface area contributed by atoms with Gasteiger partial charge in [-0.2, -0.15) is 0 Å². The number of fused-ring (bicyclic) bond motifs is 1. The van der Waals surface area contributed by atoms with Crippen LogP contribution in [-0.4, -0.2) is 41.1 Å². The number of aromatic nitrogens is 5. The highest BCUT2D eigenvalue weighted by molar-refractivity contribution is 7.13. The monoisotopic (exact) mass is 439 g/mol. The van der Waals surface area contributed by atoms with Gasteiger partial charge in [-0.05, 0) is 52.4 Å². The lowest BCUT2D eigenvalue weighted by Crippen LogP contribution is -2.28. The fraction of sp³-hybridized carbons (Fsp3) is 0.476. The molecule has 3 aromatic rings. The van der Waals surface area contributed by atoms with E-state index in [0.717, 1.165) is 31.4 Å². The Morgan fingerprint density at radius 2 is 2.03 bits per heavy atom. The lowest BCUT2D eigenvalue weighted by molar-refractivity contribution is -0.120. The zero-order valence-electron chi connectivity index (χ0n) is 17.7. The van der Waals surface area contributed by atoms with E-state index in [1.54, 1.807) is 20.2 Å². The highest BCUT2D eigenvalue weighted by Gasteiger charge is 2.29. The Morgan fingerprint density at radius 3 is 2.68 bits per heavy atom. The van der Waals surface area contributed by atoms with Crippen molar-refractivity contribution in [2.45, 2.75) is 58.1 Å². The van der Waals surface area contributed by atoms with E-state index in [0.29, 0.717) is 16.3 Å². The third kappa shape index (κ3) is 4.84. The molecule has 3 aromatic heterocycles. The summed E-state index contributed by atoms with van der Waals surface area (Å²) in [4.78, 5) is 30.0. The van der Waals surface area contributed by atoms with Crippen LogP contribution in [0.15, 0.2) is 11.7 Å². The Kier molecular flexibility index (Phi) is 5.64. The second-order valence-electron chi connectivity index (χ2n) is 8.35. The number of aryl methyl sites for hydroxylation is 1. The molecule has 3 heterocycles. The molecule has 10 heteroatoms. The molecule has 0 saturated heterocycles. The number of hydrogen-bond donors (Lipinski definition) is 3. The quantitative estimate of drug-likeness (QED) is 0.535. The van der Waals surface area contributed by atoms with Crippen molar-refractivity contribution < 1.29 is 9.90 Å². The molecule has 4 N–H and O–H groups in total. The molecule has 1 aliphatic rings. The zero-order chi connectivity index (χ0) is 22.2. The smallest absolute Gasteiger partial charge is 0.229 e. The van der Waals surface area contributed by atoms with E-state index < -0.39 is 5.60 Å². The first-order valence-electron chi connectivity index (χ1n) is 10.2. The van der Waals surface area contributed by atoms with Crippen molar-refractivity contribution in [2.24, 2.45) is 5.92 Å². The number of imidazole rings is 1. The summed E-state index contributed by atoms with van der Waals surface area (Å²) in [5.74, 6) is 5.99. The maximum Gasteiger partial charge on any atom is 0.229 e. The maximum atomic E-state index is 12.6. The number of aliphatic hydroxyl groups is 1. The molecule has 4 rings (SSSR count). The van der Waals surface area contributed by atoms with Crippen molar-refractivity contribution in [3.05, 3.63) is 23.2 Å². The fourth-order valence-electron chi connectivity index (χ4n) is 3.71. The maximum absolute atomic E-state index is 12.6. The molecule has 9 nitrogen and oxygen atoms in total. The van der Waals surface area contributed by atoms with Gasteiger partial charge in [0, 0.05) is 17.3 Å². The number of carbonyl (C=O) groups is 1. The van der Waals surface area contributed by atoms with E-state index in [4.69, 9.17) is 5.73 Å². The summed E-state index contributed by atoms with van der Waals surface area (Å²) < 4.78 is 2.00. The lowest BCUT2D eigenvalue weighted by atomic mass is 9.85. The summed E-state index contributed by atoms with van der Waals surface area (Å²) in [7, 11) is 0. The molecule has 0 spiro atoms. The second-order valence-corrected chi connectivity index (χ2v) is 9.21. The number of thiazole rings is 1. The van der Waals surface area contributed by atoms with Gasteiger partial charge >= 0.3 is 0 Å². The minimum atomic E-state index is -1.15. The summed E-state index contributed by atoms with van der Waals surface area (Å²) in [6, 6.07) is 0.167. The van der Waals surface area contributed by atoms with Gasteiger partial charge in [-0.15, -0.1) is 11.3 Å². The van der Waals surface area contributed by atoms with Crippen LogP contribution in [0.2, 0.25) is 0 Å². The van der Waals surface area contributed by atoms with E-state index in [9.17, 15) is 9.90 Å². The van der Waals surface area contributed by atoms with Crippen molar-refractivity contribution in [1.29, 1.82) is 0 Å². The van der Waals surface area contributed by atoms with E-state index in [-0.39, 0.29) is 29.5 Å². The summed E-state index contributed by atoms with van der Waals surface area (Å²) in [5.41, 5.74) is 6.98. The Morgan fingerprint density at radius 1 is 1.29 bits per heavy atom. The number of nitrogens with two attached hydrogens (primary N) is 1. The number of anilines is 2. The third-order valence-electron chi connectivity index (χ3n) is 5.24. The molecule has 31 heavy (non-hydrogen) atoms. The molecule has 1 aliphatic carbocycles. The first-order valence-corrected chi connectivity index (χ1v) is 11.1. The van der Waals surface area contributed by atoms with Gasteiger partial charge < -0.3 is 20.7 Å². The van der Waals surface area contributed by atoms with Gasteiger partial charge in [0.15, 0.2) is 16.6 Å². The van der Waals surface area contributed by atoms with Crippen LogP contribution in [0.3, 0.4) is 0 Å². The number of hydrogen-bond acceptors (Lipinski definition) is 8. The number of rotatable bonds is 3. The molecule has 1 amide bonds. The molecule has 0 bridgehead atoms. The fourth-order valence-corrected chi connectivity index (χ4v) is 4.40. The van der Waals surface area contributed by atoms with Gasteiger partial charge in [0.05, 0.1) is 12.0 Å².